The van der Waals surface area contributed by atoms with Crippen molar-refractivity contribution in [2.24, 2.45) is 0 Å². The van der Waals surface area contributed by atoms with Crippen LogP contribution in [0.5, 0.6) is 0 Å². The molecule has 0 N–H and O–H groups in total. The average Bonchev–Trinajstić information content (AvgIpc) is 3.02. The second-order valence-corrected chi connectivity index (χ2v) is 8.00. The van der Waals surface area contributed by atoms with E-state index in [4.69, 9.17) is 10.2 Å². The molecule has 1 aliphatic carbocycles. The topological polar surface area (TPSA) is 58.7 Å². The van der Waals surface area contributed by atoms with E-state index in [1.807, 2.05) is 25.1 Å². The van der Waals surface area contributed by atoms with Crippen LogP contribution >= 0.6 is 11.3 Å². The summed E-state index contributed by atoms with van der Waals surface area (Å²) in [4.78, 5) is 20.5. The Morgan fingerprint density at radius 2 is 2.15 bits per heavy atom. The maximum Gasteiger partial charge on any atom is 0.262 e. The number of nitriles is 1. The van der Waals surface area contributed by atoms with Gasteiger partial charge in [-0.3, -0.25) is 9.36 Å². The lowest BCUT2D eigenvalue weighted by atomic mass is 9.97. The van der Waals surface area contributed by atoms with E-state index >= 15 is 0 Å². The Hall–Kier alpha value is -2.45. The molecule has 1 aliphatic rings. The van der Waals surface area contributed by atoms with Crippen molar-refractivity contribution < 1.29 is 0 Å². The first kappa shape index (κ1) is 17.0. The van der Waals surface area contributed by atoms with Crippen molar-refractivity contribution in [3.63, 3.8) is 0 Å². The van der Waals surface area contributed by atoms with Crippen LogP contribution in [0.15, 0.2) is 29.1 Å². The molecule has 26 heavy (non-hydrogen) atoms. The van der Waals surface area contributed by atoms with Crippen LogP contribution in [0.25, 0.3) is 21.6 Å². The highest BCUT2D eigenvalue weighted by molar-refractivity contribution is 7.18. The summed E-state index contributed by atoms with van der Waals surface area (Å²) in [5, 5.41) is 9.70. The third-order valence-electron chi connectivity index (χ3n) is 5.02. The number of thiophene rings is 1. The third-order valence-corrected chi connectivity index (χ3v) is 6.21. The predicted octanol–water partition coefficient (Wildman–Crippen LogP) is 4.62. The number of aromatic nitrogens is 2. The zero-order chi connectivity index (χ0) is 18.1. The molecule has 0 spiro atoms. The van der Waals surface area contributed by atoms with Crippen molar-refractivity contribution in [2.75, 3.05) is 0 Å². The molecular formula is C21H21N3OS. The number of aryl methyl sites for hydroxylation is 3. The van der Waals surface area contributed by atoms with Gasteiger partial charge in [0.2, 0.25) is 0 Å². The van der Waals surface area contributed by atoms with Crippen molar-refractivity contribution in [3.8, 4) is 17.5 Å². The SMILES string of the molecule is Cc1cccc(-c2nc3sc4c(c3c(=O)n2CCCC#N)CCCC4)c1. The molecule has 132 valence electrons. The molecule has 1 aromatic carbocycles. The summed E-state index contributed by atoms with van der Waals surface area (Å²) in [6, 6.07) is 10.3. The summed E-state index contributed by atoms with van der Waals surface area (Å²) >= 11 is 1.69. The number of unbranched alkanes of at least 4 members (excludes halogenated alkanes) is 1. The smallest absolute Gasteiger partial charge is 0.262 e. The van der Waals surface area contributed by atoms with Gasteiger partial charge < -0.3 is 0 Å². The second kappa shape index (κ2) is 7.05. The number of hydrogen-bond acceptors (Lipinski definition) is 4. The van der Waals surface area contributed by atoms with Gasteiger partial charge in [0.15, 0.2) is 0 Å². The van der Waals surface area contributed by atoms with E-state index in [0.717, 1.165) is 46.4 Å². The minimum Gasteiger partial charge on any atom is -0.292 e. The lowest BCUT2D eigenvalue weighted by molar-refractivity contribution is 0.633. The van der Waals surface area contributed by atoms with Crippen LogP contribution in [-0.4, -0.2) is 9.55 Å². The van der Waals surface area contributed by atoms with E-state index in [0.29, 0.717) is 19.4 Å². The Morgan fingerprint density at radius 1 is 1.31 bits per heavy atom. The molecule has 0 unspecified atom stereocenters. The molecule has 4 rings (SSSR count). The highest BCUT2D eigenvalue weighted by atomic mass is 32.1. The second-order valence-electron chi connectivity index (χ2n) is 6.91. The molecule has 2 aromatic heterocycles. The lowest BCUT2D eigenvalue weighted by Crippen LogP contribution is -2.24. The zero-order valence-corrected chi connectivity index (χ0v) is 15.7. The van der Waals surface area contributed by atoms with Crippen molar-refractivity contribution in [2.45, 2.75) is 52.0 Å². The van der Waals surface area contributed by atoms with Crippen molar-refractivity contribution in [1.29, 1.82) is 5.26 Å². The van der Waals surface area contributed by atoms with Crippen LogP contribution < -0.4 is 5.56 Å². The van der Waals surface area contributed by atoms with Gasteiger partial charge >= 0.3 is 0 Å². The minimum atomic E-state index is 0.0591. The van der Waals surface area contributed by atoms with Crippen LogP contribution in [0, 0.1) is 18.3 Å². The third kappa shape index (κ3) is 2.95. The molecular weight excluding hydrogens is 342 g/mol. The van der Waals surface area contributed by atoms with Crippen LogP contribution in [-0.2, 0) is 19.4 Å². The zero-order valence-electron chi connectivity index (χ0n) is 14.9. The van der Waals surface area contributed by atoms with Crippen molar-refractivity contribution >= 4 is 21.6 Å². The maximum atomic E-state index is 13.4. The molecule has 0 saturated carbocycles. The Morgan fingerprint density at radius 3 is 2.96 bits per heavy atom. The molecule has 0 saturated heterocycles. The van der Waals surface area contributed by atoms with E-state index in [2.05, 4.69) is 12.1 Å². The van der Waals surface area contributed by atoms with E-state index in [9.17, 15) is 4.79 Å². The van der Waals surface area contributed by atoms with Gasteiger partial charge in [0, 0.05) is 23.4 Å². The Labute approximate surface area is 156 Å². The van der Waals surface area contributed by atoms with E-state index in [1.54, 1.807) is 15.9 Å². The fourth-order valence-corrected chi connectivity index (χ4v) is 5.02. The van der Waals surface area contributed by atoms with Gasteiger partial charge in [0.1, 0.15) is 10.7 Å². The summed E-state index contributed by atoms with van der Waals surface area (Å²) < 4.78 is 1.79. The van der Waals surface area contributed by atoms with E-state index < -0.39 is 0 Å². The molecule has 0 fully saturated rings. The lowest BCUT2D eigenvalue weighted by Gasteiger charge is -2.14. The van der Waals surface area contributed by atoms with Crippen LogP contribution in [0.2, 0.25) is 0 Å². The quantitative estimate of drug-likeness (QED) is 0.636. The molecule has 0 bridgehead atoms. The van der Waals surface area contributed by atoms with Gasteiger partial charge in [-0.2, -0.15) is 5.26 Å². The fourth-order valence-electron chi connectivity index (χ4n) is 3.77. The summed E-state index contributed by atoms with van der Waals surface area (Å²) in [5.41, 5.74) is 3.39. The standard InChI is InChI=1S/C21H21N3OS/c1-14-7-6-8-15(13-14)19-23-20-18(16-9-2-3-10-17(16)26-20)21(25)24(19)12-5-4-11-22/h6-8,13H,2-5,9-10,12H2,1H3. The highest BCUT2D eigenvalue weighted by Gasteiger charge is 2.22. The van der Waals surface area contributed by atoms with Gasteiger partial charge in [0.05, 0.1) is 11.5 Å². The first-order chi connectivity index (χ1) is 12.7. The summed E-state index contributed by atoms with van der Waals surface area (Å²) in [7, 11) is 0. The average molecular weight is 363 g/mol. The van der Waals surface area contributed by atoms with E-state index in [1.165, 1.54) is 16.9 Å². The Bertz CT molecular complexity index is 1070. The maximum absolute atomic E-state index is 13.4. The first-order valence-electron chi connectivity index (χ1n) is 9.18. The van der Waals surface area contributed by atoms with Crippen molar-refractivity contribution in [3.05, 3.63) is 50.6 Å². The Kier molecular flexibility index (Phi) is 4.60. The largest absolute Gasteiger partial charge is 0.292 e. The normalized spacial score (nSPS) is 13.5. The Balaban J connectivity index is 1.95. The van der Waals surface area contributed by atoms with Crippen LogP contribution in [0.3, 0.4) is 0 Å². The molecule has 2 heterocycles. The number of fused-ring (bicyclic) bond motifs is 3. The summed E-state index contributed by atoms with van der Waals surface area (Å²) in [6.45, 7) is 2.58. The first-order valence-corrected chi connectivity index (χ1v) is 10.00. The number of hydrogen-bond donors (Lipinski definition) is 0. The van der Waals surface area contributed by atoms with Gasteiger partial charge in [-0.25, -0.2) is 4.98 Å². The molecule has 0 amide bonds. The molecule has 0 atom stereocenters. The monoisotopic (exact) mass is 363 g/mol. The molecule has 0 radical (unpaired) electrons. The van der Waals surface area contributed by atoms with Crippen molar-refractivity contribution in [1.82, 2.24) is 9.55 Å². The van der Waals surface area contributed by atoms with Crippen LogP contribution in [0.1, 0.15) is 41.7 Å². The number of benzene rings is 1. The van der Waals surface area contributed by atoms with Gasteiger partial charge in [-0.05, 0) is 50.7 Å². The van der Waals surface area contributed by atoms with Gasteiger partial charge in [0.25, 0.3) is 5.56 Å². The molecule has 3 aromatic rings. The van der Waals surface area contributed by atoms with Gasteiger partial charge in [-0.15, -0.1) is 11.3 Å². The number of nitrogens with zero attached hydrogens (tertiary/aromatic N) is 3. The number of rotatable bonds is 4. The summed E-state index contributed by atoms with van der Waals surface area (Å²) in [6.07, 6.45) is 5.49. The van der Waals surface area contributed by atoms with Gasteiger partial charge in [-0.1, -0.05) is 23.8 Å². The molecule has 5 heteroatoms. The fraction of sp³-hybridized carbons (Fsp3) is 0.381. The van der Waals surface area contributed by atoms with Crippen LogP contribution in [0.4, 0.5) is 0 Å². The highest BCUT2D eigenvalue weighted by Crippen LogP contribution is 2.34. The molecule has 4 nitrogen and oxygen atoms in total. The minimum absolute atomic E-state index is 0.0591. The van der Waals surface area contributed by atoms with E-state index in [-0.39, 0.29) is 5.56 Å². The molecule has 0 aliphatic heterocycles. The summed E-state index contributed by atoms with van der Waals surface area (Å²) in [5.74, 6) is 0.725. The predicted molar refractivity (Wildman–Crippen MR) is 106 cm³/mol.